The minimum atomic E-state index is -0.0538. The number of carbonyl (C=O) groups excluding carboxylic acids is 1. The molecule has 1 amide bonds. The van der Waals surface area contributed by atoms with Gasteiger partial charge in [-0.1, -0.05) is 18.2 Å². The van der Waals surface area contributed by atoms with Gasteiger partial charge in [-0.25, -0.2) is 0 Å². The number of nitrogens with one attached hydrogen (secondary N) is 2. The van der Waals surface area contributed by atoms with E-state index in [-0.39, 0.29) is 5.91 Å². The number of carbonyl (C=O) groups is 1. The Labute approximate surface area is 132 Å². The van der Waals surface area contributed by atoms with Gasteiger partial charge in [0.05, 0.1) is 5.69 Å². The van der Waals surface area contributed by atoms with Crippen LogP contribution in [-0.4, -0.2) is 12.5 Å². The first-order valence-electron chi connectivity index (χ1n) is 7.09. The van der Waals surface area contributed by atoms with Crippen LogP contribution in [0.4, 0.5) is 11.4 Å². The minimum Gasteiger partial charge on any atom is -0.385 e. The van der Waals surface area contributed by atoms with Crippen molar-refractivity contribution >= 4 is 33.2 Å². The molecule has 0 saturated heterocycles. The van der Waals surface area contributed by atoms with E-state index in [0.717, 1.165) is 51.9 Å². The molecular weight excluding hydrogens is 328 g/mol. The normalized spacial score (nSPS) is 13.2. The highest BCUT2D eigenvalue weighted by molar-refractivity contribution is 9.10. The summed E-state index contributed by atoms with van der Waals surface area (Å²) in [6.07, 6.45) is 2.01. The fourth-order valence-corrected chi connectivity index (χ4v) is 3.02. The van der Waals surface area contributed by atoms with Crippen LogP contribution in [-0.2, 0) is 6.42 Å². The van der Waals surface area contributed by atoms with Gasteiger partial charge in [0.2, 0.25) is 0 Å². The van der Waals surface area contributed by atoms with Crippen molar-refractivity contribution in [3.8, 4) is 0 Å². The van der Waals surface area contributed by atoms with Gasteiger partial charge in [0.25, 0.3) is 5.91 Å². The summed E-state index contributed by atoms with van der Waals surface area (Å²) in [6, 6.07) is 11.7. The molecule has 108 valence electrons. The van der Waals surface area contributed by atoms with Crippen molar-refractivity contribution in [2.75, 3.05) is 17.2 Å². The van der Waals surface area contributed by atoms with Crippen LogP contribution in [0.2, 0.25) is 0 Å². The Bertz CT molecular complexity index is 697. The van der Waals surface area contributed by atoms with Gasteiger partial charge < -0.3 is 10.6 Å². The molecular formula is C17H17BrN2O. The molecule has 2 N–H and O–H groups in total. The molecule has 0 saturated carbocycles. The molecule has 0 unspecified atom stereocenters. The fourth-order valence-electron chi connectivity index (χ4n) is 2.66. The Morgan fingerprint density at radius 3 is 2.90 bits per heavy atom. The Balaban J connectivity index is 1.91. The topological polar surface area (TPSA) is 41.1 Å². The van der Waals surface area contributed by atoms with Crippen LogP contribution < -0.4 is 10.6 Å². The van der Waals surface area contributed by atoms with Gasteiger partial charge in [0, 0.05) is 22.3 Å². The standard InChI is InChI=1S/C17H17BrN2O/c1-11-5-2-9-15(16(11)18)20-17(21)13-6-3-8-14-12(13)7-4-10-19-14/h2-3,5-6,8-9,19H,4,7,10H2,1H3,(H,20,21). The largest absolute Gasteiger partial charge is 0.385 e. The zero-order chi connectivity index (χ0) is 14.8. The lowest BCUT2D eigenvalue weighted by Crippen LogP contribution is -2.19. The van der Waals surface area contributed by atoms with Gasteiger partial charge >= 0.3 is 0 Å². The number of anilines is 2. The maximum Gasteiger partial charge on any atom is 0.256 e. The first-order valence-corrected chi connectivity index (χ1v) is 7.88. The smallest absolute Gasteiger partial charge is 0.256 e. The number of fused-ring (bicyclic) bond motifs is 1. The summed E-state index contributed by atoms with van der Waals surface area (Å²) in [7, 11) is 0. The highest BCUT2D eigenvalue weighted by Crippen LogP contribution is 2.29. The second-order valence-corrected chi connectivity index (χ2v) is 6.05. The summed E-state index contributed by atoms with van der Waals surface area (Å²) < 4.78 is 0.932. The average Bonchev–Trinajstić information content (AvgIpc) is 2.51. The molecule has 2 aromatic carbocycles. The van der Waals surface area contributed by atoms with Crippen LogP contribution in [0, 0.1) is 6.92 Å². The molecule has 1 aliphatic rings. The van der Waals surface area contributed by atoms with Gasteiger partial charge in [0.15, 0.2) is 0 Å². The zero-order valence-electron chi connectivity index (χ0n) is 11.9. The van der Waals surface area contributed by atoms with Crippen LogP contribution in [0.5, 0.6) is 0 Å². The highest BCUT2D eigenvalue weighted by atomic mass is 79.9. The summed E-state index contributed by atoms with van der Waals surface area (Å²) in [6.45, 7) is 2.98. The second kappa shape index (κ2) is 5.90. The monoisotopic (exact) mass is 344 g/mol. The van der Waals surface area contributed by atoms with Crippen LogP contribution in [0.15, 0.2) is 40.9 Å². The van der Waals surface area contributed by atoms with Gasteiger partial charge in [0.1, 0.15) is 0 Å². The molecule has 3 nitrogen and oxygen atoms in total. The Kier molecular flexibility index (Phi) is 3.97. The number of hydrogen-bond acceptors (Lipinski definition) is 2. The van der Waals surface area contributed by atoms with Gasteiger partial charge in [-0.05, 0) is 65.0 Å². The molecule has 1 heterocycles. The Hall–Kier alpha value is -1.81. The van der Waals surface area contributed by atoms with E-state index in [4.69, 9.17) is 0 Å². The number of hydrogen-bond donors (Lipinski definition) is 2. The lowest BCUT2D eigenvalue weighted by atomic mass is 9.97. The molecule has 0 spiro atoms. The molecule has 0 fully saturated rings. The molecule has 3 rings (SSSR count). The van der Waals surface area contributed by atoms with Crippen molar-refractivity contribution < 1.29 is 4.79 Å². The third-order valence-corrected chi connectivity index (χ3v) is 4.83. The molecule has 2 aromatic rings. The second-order valence-electron chi connectivity index (χ2n) is 5.25. The lowest BCUT2D eigenvalue weighted by Gasteiger charge is -2.20. The zero-order valence-corrected chi connectivity index (χ0v) is 13.5. The van der Waals surface area contributed by atoms with Crippen molar-refractivity contribution in [3.63, 3.8) is 0 Å². The van der Waals surface area contributed by atoms with E-state index < -0.39 is 0 Å². The first-order chi connectivity index (χ1) is 10.2. The van der Waals surface area contributed by atoms with Crippen LogP contribution in [0.3, 0.4) is 0 Å². The van der Waals surface area contributed by atoms with Crippen LogP contribution in [0.1, 0.15) is 27.9 Å². The molecule has 4 heteroatoms. The van der Waals surface area contributed by atoms with Crippen molar-refractivity contribution in [1.29, 1.82) is 0 Å². The van der Waals surface area contributed by atoms with E-state index >= 15 is 0 Å². The number of rotatable bonds is 2. The van der Waals surface area contributed by atoms with Crippen LogP contribution in [0.25, 0.3) is 0 Å². The van der Waals surface area contributed by atoms with Crippen molar-refractivity contribution in [2.24, 2.45) is 0 Å². The highest BCUT2D eigenvalue weighted by Gasteiger charge is 2.18. The number of halogens is 1. The van der Waals surface area contributed by atoms with Gasteiger partial charge in [-0.15, -0.1) is 0 Å². The predicted octanol–water partition coefficient (Wildman–Crippen LogP) is 4.37. The summed E-state index contributed by atoms with van der Waals surface area (Å²) in [4.78, 5) is 12.6. The Morgan fingerprint density at radius 1 is 1.24 bits per heavy atom. The summed E-state index contributed by atoms with van der Waals surface area (Å²) >= 11 is 3.53. The molecule has 0 atom stereocenters. The number of benzene rings is 2. The fraction of sp³-hybridized carbons (Fsp3) is 0.235. The molecule has 1 aliphatic heterocycles. The first kappa shape index (κ1) is 14.1. The van der Waals surface area contributed by atoms with E-state index in [1.165, 1.54) is 0 Å². The number of aryl methyl sites for hydroxylation is 1. The SMILES string of the molecule is Cc1cccc(NC(=O)c2cccc3c2CCCN3)c1Br. The van der Waals surface area contributed by atoms with E-state index in [9.17, 15) is 4.79 Å². The van der Waals surface area contributed by atoms with E-state index in [1.54, 1.807) is 0 Å². The third-order valence-electron chi connectivity index (χ3n) is 3.78. The summed E-state index contributed by atoms with van der Waals surface area (Å²) in [5, 5.41) is 6.36. The van der Waals surface area contributed by atoms with Crippen molar-refractivity contribution in [2.45, 2.75) is 19.8 Å². The van der Waals surface area contributed by atoms with E-state index in [0.29, 0.717) is 0 Å². The minimum absolute atomic E-state index is 0.0538. The predicted molar refractivity (Wildman–Crippen MR) is 90.1 cm³/mol. The molecule has 21 heavy (non-hydrogen) atoms. The number of amides is 1. The van der Waals surface area contributed by atoms with E-state index in [2.05, 4.69) is 26.6 Å². The van der Waals surface area contributed by atoms with Gasteiger partial charge in [-0.2, -0.15) is 0 Å². The lowest BCUT2D eigenvalue weighted by molar-refractivity contribution is 0.102. The van der Waals surface area contributed by atoms with Crippen LogP contribution >= 0.6 is 15.9 Å². The summed E-state index contributed by atoms with van der Waals surface area (Å²) in [5.41, 5.74) is 4.86. The third kappa shape index (κ3) is 2.81. The van der Waals surface area contributed by atoms with Gasteiger partial charge in [-0.3, -0.25) is 4.79 Å². The average molecular weight is 345 g/mol. The maximum atomic E-state index is 12.6. The molecule has 0 aromatic heterocycles. The maximum absolute atomic E-state index is 12.6. The Morgan fingerprint density at radius 2 is 2.05 bits per heavy atom. The summed E-state index contributed by atoms with van der Waals surface area (Å²) in [5.74, 6) is -0.0538. The van der Waals surface area contributed by atoms with E-state index in [1.807, 2.05) is 43.3 Å². The van der Waals surface area contributed by atoms with Crippen molar-refractivity contribution in [3.05, 3.63) is 57.6 Å². The van der Waals surface area contributed by atoms with Crippen molar-refractivity contribution in [1.82, 2.24) is 0 Å². The molecule has 0 bridgehead atoms. The molecule has 0 radical (unpaired) electrons. The quantitative estimate of drug-likeness (QED) is 0.849. The molecule has 0 aliphatic carbocycles.